The van der Waals surface area contributed by atoms with Gasteiger partial charge in [0.15, 0.2) is 0 Å². The Balaban J connectivity index is 2.27. The Morgan fingerprint density at radius 2 is 2.09 bits per heavy atom. The number of nitrogens with one attached hydrogen (secondary N) is 1. The highest BCUT2D eigenvalue weighted by Gasteiger charge is 2.19. The summed E-state index contributed by atoms with van der Waals surface area (Å²) >= 11 is 1.67. The molecular formula is C17H25NO4S. The van der Waals surface area contributed by atoms with Gasteiger partial charge in [-0.3, -0.25) is 4.79 Å². The normalized spacial score (nSPS) is 11.7. The van der Waals surface area contributed by atoms with Crippen LogP contribution in [-0.2, 0) is 9.59 Å². The molecule has 0 saturated carbocycles. The van der Waals surface area contributed by atoms with E-state index < -0.39 is 12.0 Å². The van der Waals surface area contributed by atoms with Crippen molar-refractivity contribution in [2.75, 3.05) is 18.1 Å². The predicted octanol–water partition coefficient (Wildman–Crippen LogP) is 2.87. The van der Waals surface area contributed by atoms with Crippen LogP contribution in [0.2, 0.25) is 0 Å². The molecule has 0 radical (unpaired) electrons. The minimum Gasteiger partial charge on any atom is -0.493 e. The molecule has 23 heavy (non-hydrogen) atoms. The van der Waals surface area contributed by atoms with Crippen LogP contribution >= 0.6 is 11.8 Å². The summed E-state index contributed by atoms with van der Waals surface area (Å²) in [7, 11) is 0. The summed E-state index contributed by atoms with van der Waals surface area (Å²) < 4.78 is 5.62. The molecule has 1 unspecified atom stereocenters. The highest BCUT2D eigenvalue weighted by Crippen LogP contribution is 2.16. The fourth-order valence-corrected chi connectivity index (χ4v) is 2.69. The maximum absolute atomic E-state index is 11.8. The number of carbonyl (C=O) groups is 2. The molecule has 0 aliphatic rings. The third kappa shape index (κ3) is 7.93. The van der Waals surface area contributed by atoms with E-state index in [0.29, 0.717) is 19.4 Å². The van der Waals surface area contributed by atoms with Crippen molar-refractivity contribution in [1.82, 2.24) is 5.32 Å². The van der Waals surface area contributed by atoms with Crippen LogP contribution in [-0.4, -0.2) is 41.1 Å². The summed E-state index contributed by atoms with van der Waals surface area (Å²) in [6.07, 6.45) is 1.26. The zero-order valence-electron chi connectivity index (χ0n) is 13.7. The molecule has 0 fully saturated rings. The van der Waals surface area contributed by atoms with Gasteiger partial charge in [0.25, 0.3) is 0 Å². The number of ether oxygens (including phenoxy) is 1. The number of carboxylic acids is 1. The van der Waals surface area contributed by atoms with Gasteiger partial charge in [-0.2, -0.15) is 11.8 Å². The molecule has 0 heterocycles. The van der Waals surface area contributed by atoms with Gasteiger partial charge in [-0.15, -0.1) is 0 Å². The maximum Gasteiger partial charge on any atom is 0.326 e. The maximum atomic E-state index is 11.8. The fraction of sp³-hybridized carbons (Fsp3) is 0.529. The molecule has 0 bridgehead atoms. The van der Waals surface area contributed by atoms with E-state index in [2.05, 4.69) is 5.32 Å². The predicted molar refractivity (Wildman–Crippen MR) is 93.1 cm³/mol. The highest BCUT2D eigenvalue weighted by molar-refractivity contribution is 7.99. The topological polar surface area (TPSA) is 75.6 Å². The van der Waals surface area contributed by atoms with E-state index in [1.165, 1.54) is 0 Å². The first kappa shape index (κ1) is 19.4. The summed E-state index contributed by atoms with van der Waals surface area (Å²) in [6.45, 7) is 4.42. The number of thioether (sulfide) groups is 1. The van der Waals surface area contributed by atoms with E-state index in [-0.39, 0.29) is 12.3 Å². The highest BCUT2D eigenvalue weighted by atomic mass is 32.2. The van der Waals surface area contributed by atoms with Gasteiger partial charge < -0.3 is 15.2 Å². The minimum atomic E-state index is -0.980. The molecule has 0 saturated heterocycles. The van der Waals surface area contributed by atoms with Crippen molar-refractivity contribution in [2.24, 2.45) is 0 Å². The lowest BCUT2D eigenvalue weighted by molar-refractivity contribution is -0.141. The Morgan fingerprint density at radius 1 is 1.35 bits per heavy atom. The number of carbonyl (C=O) groups excluding carboxylic acids is 1. The smallest absolute Gasteiger partial charge is 0.326 e. The van der Waals surface area contributed by atoms with Crippen molar-refractivity contribution in [3.05, 3.63) is 29.8 Å². The molecule has 1 amide bonds. The molecular weight excluding hydrogens is 314 g/mol. The molecule has 0 aliphatic carbocycles. The number of amides is 1. The Bertz CT molecular complexity index is 507. The number of hydrogen-bond donors (Lipinski definition) is 2. The number of rotatable bonds is 11. The largest absolute Gasteiger partial charge is 0.493 e. The number of hydrogen-bond acceptors (Lipinski definition) is 4. The lowest BCUT2D eigenvalue weighted by Gasteiger charge is -2.14. The number of benzene rings is 1. The zero-order chi connectivity index (χ0) is 17.1. The molecule has 1 aromatic rings. The van der Waals surface area contributed by atoms with E-state index in [4.69, 9.17) is 9.84 Å². The van der Waals surface area contributed by atoms with Crippen molar-refractivity contribution >= 4 is 23.6 Å². The summed E-state index contributed by atoms with van der Waals surface area (Å²) in [5, 5.41) is 11.7. The number of carboxylic acid groups (broad SMARTS) is 1. The van der Waals surface area contributed by atoms with Gasteiger partial charge in [0, 0.05) is 6.42 Å². The van der Waals surface area contributed by atoms with Crippen LogP contribution in [0.3, 0.4) is 0 Å². The van der Waals surface area contributed by atoms with Crippen LogP contribution in [0.5, 0.6) is 5.75 Å². The number of para-hydroxylation sites is 1. The Morgan fingerprint density at radius 3 is 2.74 bits per heavy atom. The first-order valence-corrected chi connectivity index (χ1v) is 8.98. The monoisotopic (exact) mass is 339 g/mol. The third-order valence-electron chi connectivity index (χ3n) is 3.29. The SMILES string of the molecule is CCSCCC(NC(=O)CCCOc1ccccc1C)C(=O)O. The van der Waals surface area contributed by atoms with Gasteiger partial charge in [0.1, 0.15) is 11.8 Å². The average Bonchev–Trinajstić information content (AvgIpc) is 2.52. The first-order valence-electron chi connectivity index (χ1n) is 7.83. The van der Waals surface area contributed by atoms with E-state index in [1.807, 2.05) is 38.1 Å². The standard InChI is InChI=1S/C17H25NO4S/c1-3-23-12-10-14(17(20)21)18-16(19)9-6-11-22-15-8-5-4-7-13(15)2/h4-5,7-8,14H,3,6,9-12H2,1-2H3,(H,18,19)(H,20,21). The molecule has 1 aromatic carbocycles. The van der Waals surface area contributed by atoms with Crippen molar-refractivity contribution < 1.29 is 19.4 Å². The summed E-state index contributed by atoms with van der Waals surface area (Å²) in [5.41, 5.74) is 1.05. The van der Waals surface area contributed by atoms with Crippen molar-refractivity contribution in [1.29, 1.82) is 0 Å². The quantitative estimate of drug-likeness (QED) is 0.606. The van der Waals surface area contributed by atoms with E-state index in [0.717, 1.165) is 22.8 Å². The lowest BCUT2D eigenvalue weighted by Crippen LogP contribution is -2.41. The second-order valence-electron chi connectivity index (χ2n) is 5.16. The Hall–Kier alpha value is -1.69. The van der Waals surface area contributed by atoms with E-state index >= 15 is 0 Å². The number of aliphatic carboxylic acids is 1. The van der Waals surface area contributed by atoms with Gasteiger partial charge in [-0.25, -0.2) is 4.79 Å². The minimum absolute atomic E-state index is 0.243. The number of aryl methyl sites for hydroxylation is 1. The Labute approximate surface area is 141 Å². The van der Waals surface area contributed by atoms with Gasteiger partial charge >= 0.3 is 5.97 Å². The van der Waals surface area contributed by atoms with Crippen LogP contribution in [0.25, 0.3) is 0 Å². The van der Waals surface area contributed by atoms with E-state index in [1.54, 1.807) is 11.8 Å². The Kier molecular flexibility index (Phi) is 9.21. The zero-order valence-corrected chi connectivity index (χ0v) is 14.5. The molecule has 128 valence electrons. The molecule has 0 aromatic heterocycles. The molecule has 0 spiro atoms. The fourth-order valence-electron chi connectivity index (χ4n) is 2.00. The third-order valence-corrected chi connectivity index (χ3v) is 4.22. The van der Waals surface area contributed by atoms with Crippen LogP contribution in [0, 0.1) is 6.92 Å². The van der Waals surface area contributed by atoms with E-state index in [9.17, 15) is 9.59 Å². The first-order chi connectivity index (χ1) is 11.0. The van der Waals surface area contributed by atoms with Gasteiger partial charge in [0.2, 0.25) is 5.91 Å². The van der Waals surface area contributed by atoms with Crippen LogP contribution in [0.1, 0.15) is 31.7 Å². The second-order valence-corrected chi connectivity index (χ2v) is 6.56. The summed E-state index contributed by atoms with van der Waals surface area (Å²) in [6, 6.07) is 6.90. The van der Waals surface area contributed by atoms with Crippen LogP contribution in [0.4, 0.5) is 0 Å². The molecule has 2 N–H and O–H groups in total. The van der Waals surface area contributed by atoms with Gasteiger partial charge in [-0.05, 0) is 42.9 Å². The molecule has 1 rings (SSSR count). The van der Waals surface area contributed by atoms with Crippen molar-refractivity contribution in [3.8, 4) is 5.75 Å². The molecule has 5 nitrogen and oxygen atoms in total. The lowest BCUT2D eigenvalue weighted by atomic mass is 10.2. The van der Waals surface area contributed by atoms with Crippen LogP contribution < -0.4 is 10.1 Å². The van der Waals surface area contributed by atoms with Gasteiger partial charge in [0.05, 0.1) is 6.61 Å². The second kappa shape index (κ2) is 10.9. The summed E-state index contributed by atoms with van der Waals surface area (Å²) in [4.78, 5) is 23.0. The van der Waals surface area contributed by atoms with Crippen molar-refractivity contribution in [3.63, 3.8) is 0 Å². The molecule has 1 atom stereocenters. The molecule has 6 heteroatoms. The average molecular weight is 339 g/mol. The van der Waals surface area contributed by atoms with Gasteiger partial charge in [-0.1, -0.05) is 25.1 Å². The van der Waals surface area contributed by atoms with Crippen molar-refractivity contribution in [2.45, 2.75) is 39.2 Å². The summed E-state index contributed by atoms with van der Waals surface area (Å²) in [5.74, 6) is 1.26. The van der Waals surface area contributed by atoms with Crippen LogP contribution in [0.15, 0.2) is 24.3 Å². The molecule has 0 aliphatic heterocycles.